The highest BCUT2D eigenvalue weighted by Gasteiger charge is 2.20. The number of fused-ring (bicyclic) bond motifs is 1. The Morgan fingerprint density at radius 3 is 2.73 bits per heavy atom. The molecule has 0 aliphatic carbocycles. The third-order valence-corrected chi connectivity index (χ3v) is 3.61. The number of nitro groups is 1. The molecule has 0 saturated carbocycles. The molecule has 0 aliphatic rings. The first-order chi connectivity index (χ1) is 12.5. The van der Waals surface area contributed by atoms with Crippen molar-refractivity contribution in [2.24, 2.45) is 0 Å². The van der Waals surface area contributed by atoms with Crippen LogP contribution in [0, 0.1) is 10.1 Å². The van der Waals surface area contributed by atoms with Crippen molar-refractivity contribution in [1.29, 1.82) is 0 Å². The molecule has 3 aromatic rings. The number of nitrogens with one attached hydrogen (secondary N) is 1. The Kier molecular flexibility index (Phi) is 4.66. The van der Waals surface area contributed by atoms with E-state index < -0.39 is 16.5 Å². The average Bonchev–Trinajstić information content (AvgIpc) is 2.62. The second-order valence-electron chi connectivity index (χ2n) is 5.31. The summed E-state index contributed by atoms with van der Waals surface area (Å²) in [5.41, 5.74) is -1.10. The number of carbonyl (C=O) groups excluding carboxylic acids is 1. The Morgan fingerprint density at radius 1 is 1.23 bits per heavy atom. The Morgan fingerprint density at radius 2 is 2.00 bits per heavy atom. The molecule has 0 atom stereocenters. The average molecular weight is 354 g/mol. The van der Waals surface area contributed by atoms with Gasteiger partial charge in [-0.05, 0) is 31.2 Å². The molecule has 0 aliphatic heterocycles. The topological polar surface area (TPSA) is 112 Å². The molecule has 2 aromatic carbocycles. The van der Waals surface area contributed by atoms with E-state index in [9.17, 15) is 19.7 Å². The van der Waals surface area contributed by atoms with Crippen LogP contribution in [0.1, 0.15) is 17.3 Å². The molecular weight excluding hydrogens is 340 g/mol. The van der Waals surface area contributed by atoms with Gasteiger partial charge in [-0.1, -0.05) is 18.2 Å². The third kappa shape index (κ3) is 3.39. The van der Waals surface area contributed by atoms with Gasteiger partial charge in [0.15, 0.2) is 0 Å². The van der Waals surface area contributed by atoms with E-state index in [1.165, 1.54) is 24.3 Å². The fourth-order valence-electron chi connectivity index (χ4n) is 2.43. The summed E-state index contributed by atoms with van der Waals surface area (Å²) in [6.07, 6.45) is 0. The van der Waals surface area contributed by atoms with Gasteiger partial charge in [0.05, 0.1) is 17.6 Å². The van der Waals surface area contributed by atoms with E-state index in [1.807, 2.05) is 0 Å². The molecule has 3 rings (SSSR count). The number of nitro benzene ring substituents is 1. The second kappa shape index (κ2) is 7.06. The van der Waals surface area contributed by atoms with Crippen molar-refractivity contribution in [1.82, 2.24) is 0 Å². The molecule has 1 aromatic heterocycles. The normalized spacial score (nSPS) is 10.5. The molecule has 26 heavy (non-hydrogen) atoms. The molecule has 0 bridgehead atoms. The Hall–Kier alpha value is -3.68. The van der Waals surface area contributed by atoms with Crippen LogP contribution < -0.4 is 15.7 Å². The fourth-order valence-corrected chi connectivity index (χ4v) is 2.43. The highest BCUT2D eigenvalue weighted by molar-refractivity contribution is 6.06. The SMILES string of the molecule is CCOc1ccc(NC(=O)c2cc3ccccc3oc2=O)c([N+](=O)[O-])c1. The lowest BCUT2D eigenvalue weighted by molar-refractivity contribution is -0.384. The molecule has 8 heteroatoms. The van der Waals surface area contributed by atoms with Gasteiger partial charge < -0.3 is 14.5 Å². The van der Waals surface area contributed by atoms with Crippen LogP contribution in [0.3, 0.4) is 0 Å². The van der Waals surface area contributed by atoms with Gasteiger partial charge in [-0.2, -0.15) is 0 Å². The van der Waals surface area contributed by atoms with Crippen LogP contribution in [0.15, 0.2) is 57.7 Å². The monoisotopic (exact) mass is 354 g/mol. The number of hydrogen-bond donors (Lipinski definition) is 1. The van der Waals surface area contributed by atoms with Gasteiger partial charge in [0.25, 0.3) is 11.6 Å². The number of para-hydroxylation sites is 1. The maximum atomic E-state index is 12.4. The maximum Gasteiger partial charge on any atom is 0.349 e. The van der Waals surface area contributed by atoms with Gasteiger partial charge in [-0.25, -0.2) is 4.79 Å². The van der Waals surface area contributed by atoms with Gasteiger partial charge >= 0.3 is 5.63 Å². The van der Waals surface area contributed by atoms with E-state index in [2.05, 4.69) is 5.32 Å². The summed E-state index contributed by atoms with van der Waals surface area (Å²) in [4.78, 5) is 35.1. The molecule has 0 fully saturated rings. The van der Waals surface area contributed by atoms with Gasteiger partial charge in [0.2, 0.25) is 0 Å². The summed E-state index contributed by atoms with van der Waals surface area (Å²) in [6, 6.07) is 12.2. The molecule has 0 unspecified atom stereocenters. The van der Waals surface area contributed by atoms with Crippen molar-refractivity contribution >= 4 is 28.3 Å². The van der Waals surface area contributed by atoms with Crippen LogP contribution in [0.25, 0.3) is 11.0 Å². The van der Waals surface area contributed by atoms with Gasteiger partial charge in [0.1, 0.15) is 22.6 Å². The minimum atomic E-state index is -0.824. The largest absolute Gasteiger partial charge is 0.494 e. The summed E-state index contributed by atoms with van der Waals surface area (Å²) in [5.74, 6) is -0.487. The minimum Gasteiger partial charge on any atom is -0.494 e. The van der Waals surface area contributed by atoms with E-state index in [4.69, 9.17) is 9.15 Å². The smallest absolute Gasteiger partial charge is 0.349 e. The van der Waals surface area contributed by atoms with Crippen LogP contribution in [-0.4, -0.2) is 17.4 Å². The van der Waals surface area contributed by atoms with E-state index in [1.54, 1.807) is 31.2 Å². The lowest BCUT2D eigenvalue weighted by Gasteiger charge is -2.08. The zero-order valence-electron chi connectivity index (χ0n) is 13.7. The van der Waals surface area contributed by atoms with E-state index in [-0.39, 0.29) is 16.9 Å². The highest BCUT2D eigenvalue weighted by Crippen LogP contribution is 2.29. The quantitative estimate of drug-likeness (QED) is 0.427. The number of carbonyl (C=O) groups is 1. The molecule has 132 valence electrons. The Bertz CT molecular complexity index is 1060. The number of hydrogen-bond acceptors (Lipinski definition) is 6. The number of ether oxygens (including phenoxy) is 1. The first-order valence-electron chi connectivity index (χ1n) is 7.75. The molecule has 1 amide bonds. The molecule has 8 nitrogen and oxygen atoms in total. The van der Waals surface area contributed by atoms with Gasteiger partial charge in [0, 0.05) is 5.39 Å². The van der Waals surface area contributed by atoms with E-state index in [0.717, 1.165) is 0 Å². The van der Waals surface area contributed by atoms with Crippen LogP contribution in [0.5, 0.6) is 5.75 Å². The van der Waals surface area contributed by atoms with Crippen molar-refractivity contribution in [2.75, 3.05) is 11.9 Å². The molecule has 0 radical (unpaired) electrons. The van der Waals surface area contributed by atoms with Crippen molar-refractivity contribution in [3.63, 3.8) is 0 Å². The predicted octanol–water partition coefficient (Wildman–Crippen LogP) is 3.35. The summed E-state index contributed by atoms with van der Waals surface area (Å²) >= 11 is 0. The number of anilines is 1. The first kappa shape index (κ1) is 17.2. The number of amides is 1. The molecule has 1 heterocycles. The predicted molar refractivity (Wildman–Crippen MR) is 94.7 cm³/mol. The first-order valence-corrected chi connectivity index (χ1v) is 7.75. The summed E-state index contributed by atoms with van der Waals surface area (Å²) in [5, 5.41) is 14.2. The Balaban J connectivity index is 1.96. The molecule has 0 saturated heterocycles. The zero-order chi connectivity index (χ0) is 18.7. The van der Waals surface area contributed by atoms with Crippen LogP contribution >= 0.6 is 0 Å². The lowest BCUT2D eigenvalue weighted by atomic mass is 10.1. The van der Waals surface area contributed by atoms with Crippen molar-refractivity contribution < 1.29 is 18.9 Å². The van der Waals surface area contributed by atoms with Crippen LogP contribution in [0.4, 0.5) is 11.4 Å². The molecular formula is C18H14N2O6. The van der Waals surface area contributed by atoms with Gasteiger partial charge in [-0.15, -0.1) is 0 Å². The summed E-state index contributed by atoms with van der Waals surface area (Å²) < 4.78 is 10.3. The third-order valence-electron chi connectivity index (χ3n) is 3.61. The summed E-state index contributed by atoms with van der Waals surface area (Å²) in [6.45, 7) is 2.10. The van der Waals surface area contributed by atoms with Crippen LogP contribution in [-0.2, 0) is 0 Å². The van der Waals surface area contributed by atoms with Crippen LogP contribution in [0.2, 0.25) is 0 Å². The van der Waals surface area contributed by atoms with Crippen molar-refractivity contribution in [2.45, 2.75) is 6.92 Å². The number of rotatable bonds is 5. The van der Waals surface area contributed by atoms with E-state index in [0.29, 0.717) is 23.3 Å². The standard InChI is InChI=1S/C18H14N2O6/c1-2-25-12-7-8-14(15(10-12)20(23)24)19-17(21)13-9-11-5-3-4-6-16(11)26-18(13)22/h3-10H,2H2,1H3,(H,19,21). The van der Waals surface area contributed by atoms with Gasteiger partial charge in [-0.3, -0.25) is 14.9 Å². The highest BCUT2D eigenvalue weighted by atomic mass is 16.6. The van der Waals surface area contributed by atoms with E-state index >= 15 is 0 Å². The number of benzene rings is 2. The van der Waals surface area contributed by atoms with Crippen molar-refractivity contribution in [3.8, 4) is 5.75 Å². The maximum absolute atomic E-state index is 12.4. The zero-order valence-corrected chi connectivity index (χ0v) is 13.7. The second-order valence-corrected chi connectivity index (χ2v) is 5.31. The lowest BCUT2D eigenvalue weighted by Crippen LogP contribution is -2.21. The summed E-state index contributed by atoms with van der Waals surface area (Å²) in [7, 11) is 0. The molecule has 1 N–H and O–H groups in total. The van der Waals surface area contributed by atoms with Crippen molar-refractivity contribution in [3.05, 3.63) is 74.6 Å². The number of nitrogens with zero attached hydrogens (tertiary/aromatic N) is 1. The molecule has 0 spiro atoms. The Labute approximate surface area is 147 Å². The minimum absolute atomic E-state index is 0.0454. The fraction of sp³-hybridized carbons (Fsp3) is 0.111.